The highest BCUT2D eigenvalue weighted by Gasteiger charge is 2.23. The summed E-state index contributed by atoms with van der Waals surface area (Å²) in [5.41, 5.74) is 2.35. The second-order valence-corrected chi connectivity index (χ2v) is 9.67. The van der Waals surface area contributed by atoms with E-state index in [0.29, 0.717) is 43.3 Å². The number of ether oxygens (including phenoxy) is 3. The molecule has 0 fully saturated rings. The molecule has 3 rings (SSSR count). The first-order valence-electron chi connectivity index (χ1n) is 12.2. The first-order valence-corrected chi connectivity index (χ1v) is 13.0. The van der Waals surface area contributed by atoms with Crippen LogP contribution in [0, 0.1) is 12.7 Å². The first kappa shape index (κ1) is 28.9. The van der Waals surface area contributed by atoms with Crippen molar-refractivity contribution in [3.63, 3.8) is 0 Å². The Hall–Kier alpha value is -3.63. The molecule has 2 aromatic carbocycles. The van der Waals surface area contributed by atoms with Crippen LogP contribution >= 0.6 is 11.3 Å². The highest BCUT2D eigenvalue weighted by molar-refractivity contribution is 7.10. The van der Waals surface area contributed by atoms with Crippen LogP contribution in [0.3, 0.4) is 0 Å². The fraction of sp³-hybridized carbons (Fsp3) is 0.357. The highest BCUT2D eigenvalue weighted by Crippen LogP contribution is 2.29. The molecule has 0 spiro atoms. The zero-order chi connectivity index (χ0) is 27.5. The minimum absolute atomic E-state index is 0.139. The molecule has 3 amide bonds. The van der Waals surface area contributed by atoms with Gasteiger partial charge in [0.05, 0.1) is 26.5 Å². The SMILES string of the molecule is COCCCN(CC(=O)N(Cc1ccc(F)cc1)Cc1sccc1C)C(=O)Nc1ccc(OC)cc1OC. The van der Waals surface area contributed by atoms with Gasteiger partial charge in [0, 0.05) is 37.7 Å². The van der Waals surface area contributed by atoms with E-state index in [0.717, 1.165) is 16.0 Å². The van der Waals surface area contributed by atoms with Crippen molar-refractivity contribution in [1.29, 1.82) is 0 Å². The minimum Gasteiger partial charge on any atom is -0.497 e. The van der Waals surface area contributed by atoms with Gasteiger partial charge in [-0.2, -0.15) is 0 Å². The maximum Gasteiger partial charge on any atom is 0.322 e. The molecule has 0 bridgehead atoms. The van der Waals surface area contributed by atoms with Gasteiger partial charge < -0.3 is 29.3 Å². The van der Waals surface area contributed by atoms with Gasteiger partial charge in [-0.15, -0.1) is 11.3 Å². The molecular formula is C28H34FN3O5S. The van der Waals surface area contributed by atoms with E-state index in [9.17, 15) is 14.0 Å². The van der Waals surface area contributed by atoms with E-state index in [4.69, 9.17) is 14.2 Å². The quantitative estimate of drug-likeness (QED) is 0.296. The van der Waals surface area contributed by atoms with Crippen LogP contribution in [0.5, 0.6) is 11.5 Å². The van der Waals surface area contributed by atoms with E-state index in [1.54, 1.807) is 60.8 Å². The number of nitrogens with one attached hydrogen (secondary N) is 1. The van der Waals surface area contributed by atoms with Crippen molar-refractivity contribution >= 4 is 29.0 Å². The van der Waals surface area contributed by atoms with Gasteiger partial charge in [-0.25, -0.2) is 9.18 Å². The minimum atomic E-state index is -0.438. The lowest BCUT2D eigenvalue weighted by atomic mass is 10.2. The molecule has 0 radical (unpaired) electrons. The number of nitrogens with zero attached hydrogens (tertiary/aromatic N) is 2. The van der Waals surface area contributed by atoms with Crippen molar-refractivity contribution in [3.8, 4) is 11.5 Å². The molecule has 10 heteroatoms. The summed E-state index contributed by atoms with van der Waals surface area (Å²) in [7, 11) is 4.64. The average molecular weight is 544 g/mol. The van der Waals surface area contributed by atoms with Crippen molar-refractivity contribution in [3.05, 3.63) is 75.7 Å². The third-order valence-electron chi connectivity index (χ3n) is 5.98. The van der Waals surface area contributed by atoms with Crippen LogP contribution < -0.4 is 14.8 Å². The molecule has 0 unspecified atom stereocenters. The molecule has 0 atom stereocenters. The number of amides is 3. The summed E-state index contributed by atoms with van der Waals surface area (Å²) < 4.78 is 29.3. The lowest BCUT2D eigenvalue weighted by Crippen LogP contribution is -2.44. The number of hydrogen-bond donors (Lipinski definition) is 1. The summed E-state index contributed by atoms with van der Waals surface area (Å²) >= 11 is 1.57. The van der Waals surface area contributed by atoms with E-state index in [1.807, 2.05) is 18.4 Å². The molecule has 38 heavy (non-hydrogen) atoms. The Labute approximate surface area is 226 Å². The number of hydrogen-bond acceptors (Lipinski definition) is 6. The molecule has 1 N–H and O–H groups in total. The number of halogens is 1. The van der Waals surface area contributed by atoms with Gasteiger partial charge in [0.25, 0.3) is 0 Å². The van der Waals surface area contributed by atoms with Gasteiger partial charge in [-0.1, -0.05) is 12.1 Å². The third kappa shape index (κ3) is 8.19. The molecule has 1 heterocycles. The summed E-state index contributed by atoms with van der Waals surface area (Å²) in [6, 6.07) is 12.7. The van der Waals surface area contributed by atoms with Crippen molar-refractivity contribution in [1.82, 2.24) is 9.80 Å². The van der Waals surface area contributed by atoms with E-state index >= 15 is 0 Å². The molecule has 3 aromatic rings. The van der Waals surface area contributed by atoms with Gasteiger partial charge in [0.1, 0.15) is 23.9 Å². The van der Waals surface area contributed by atoms with Crippen LogP contribution in [-0.4, -0.2) is 62.8 Å². The summed E-state index contributed by atoms with van der Waals surface area (Å²) in [4.78, 5) is 31.2. The number of carbonyl (C=O) groups is 2. The van der Waals surface area contributed by atoms with Crippen molar-refractivity contribution < 1.29 is 28.2 Å². The molecule has 204 valence electrons. The predicted octanol–water partition coefficient (Wildman–Crippen LogP) is 5.31. The smallest absolute Gasteiger partial charge is 0.322 e. The fourth-order valence-electron chi connectivity index (χ4n) is 3.79. The Morgan fingerprint density at radius 1 is 0.974 bits per heavy atom. The van der Waals surface area contributed by atoms with E-state index in [1.165, 1.54) is 24.1 Å². The van der Waals surface area contributed by atoms with Crippen LogP contribution in [-0.2, 0) is 22.6 Å². The van der Waals surface area contributed by atoms with Gasteiger partial charge in [0.15, 0.2) is 0 Å². The van der Waals surface area contributed by atoms with Crippen LogP contribution in [0.25, 0.3) is 0 Å². The number of urea groups is 1. The average Bonchev–Trinajstić information content (AvgIpc) is 3.33. The number of anilines is 1. The van der Waals surface area contributed by atoms with Crippen LogP contribution in [0.15, 0.2) is 53.9 Å². The first-order chi connectivity index (χ1) is 18.3. The van der Waals surface area contributed by atoms with E-state index in [2.05, 4.69) is 5.32 Å². The Morgan fingerprint density at radius 3 is 2.37 bits per heavy atom. The number of rotatable bonds is 13. The molecule has 0 saturated carbocycles. The van der Waals surface area contributed by atoms with Crippen LogP contribution in [0.1, 0.15) is 22.4 Å². The Balaban J connectivity index is 1.80. The lowest BCUT2D eigenvalue weighted by Gasteiger charge is -2.28. The summed E-state index contributed by atoms with van der Waals surface area (Å²) in [5, 5.41) is 4.83. The number of benzene rings is 2. The molecule has 0 aliphatic carbocycles. The number of carbonyl (C=O) groups excluding carboxylic acids is 2. The molecule has 0 aliphatic rings. The van der Waals surface area contributed by atoms with Gasteiger partial charge in [-0.3, -0.25) is 4.79 Å². The van der Waals surface area contributed by atoms with E-state index in [-0.39, 0.29) is 24.8 Å². The normalized spacial score (nSPS) is 10.7. The molecule has 0 saturated heterocycles. The monoisotopic (exact) mass is 543 g/mol. The van der Waals surface area contributed by atoms with Crippen molar-refractivity contribution in [2.75, 3.05) is 46.3 Å². The Kier molecular flexibility index (Phi) is 10.9. The standard InChI is InChI=1S/C28H34FN3O5S/c1-20-12-15-38-26(20)18-32(17-21-6-8-22(29)9-7-21)27(33)19-31(13-5-14-35-2)28(34)30-24-11-10-23(36-3)16-25(24)37-4/h6-12,15-16H,5,13-14,17-19H2,1-4H3,(H,30,34). The fourth-order valence-corrected chi connectivity index (χ4v) is 4.71. The highest BCUT2D eigenvalue weighted by atomic mass is 32.1. The maximum atomic E-state index is 13.6. The van der Waals surface area contributed by atoms with Crippen molar-refractivity contribution in [2.45, 2.75) is 26.4 Å². The lowest BCUT2D eigenvalue weighted by molar-refractivity contribution is -0.133. The number of methoxy groups -OCH3 is 3. The zero-order valence-electron chi connectivity index (χ0n) is 22.2. The summed E-state index contributed by atoms with van der Waals surface area (Å²) in [5.74, 6) is 0.464. The van der Waals surface area contributed by atoms with E-state index < -0.39 is 6.03 Å². The number of aryl methyl sites for hydroxylation is 1. The largest absolute Gasteiger partial charge is 0.497 e. The second-order valence-electron chi connectivity index (χ2n) is 8.67. The van der Waals surface area contributed by atoms with Crippen molar-refractivity contribution in [2.24, 2.45) is 0 Å². The summed E-state index contributed by atoms with van der Waals surface area (Å²) in [6.07, 6.45) is 0.555. The van der Waals surface area contributed by atoms with Gasteiger partial charge in [0.2, 0.25) is 5.91 Å². The molecule has 0 aliphatic heterocycles. The zero-order valence-corrected chi connectivity index (χ0v) is 23.0. The van der Waals surface area contributed by atoms with Crippen LogP contribution in [0.2, 0.25) is 0 Å². The molecule has 8 nitrogen and oxygen atoms in total. The second kappa shape index (κ2) is 14.3. The summed E-state index contributed by atoms with van der Waals surface area (Å²) in [6.45, 7) is 3.29. The van der Waals surface area contributed by atoms with Gasteiger partial charge in [-0.05, 0) is 60.2 Å². The molecule has 1 aromatic heterocycles. The van der Waals surface area contributed by atoms with Gasteiger partial charge >= 0.3 is 6.03 Å². The van der Waals surface area contributed by atoms with Crippen LogP contribution in [0.4, 0.5) is 14.9 Å². The number of thiophene rings is 1. The Morgan fingerprint density at radius 2 is 1.74 bits per heavy atom. The third-order valence-corrected chi connectivity index (χ3v) is 6.99. The topological polar surface area (TPSA) is 80.3 Å². The Bertz CT molecular complexity index is 1200. The predicted molar refractivity (Wildman–Crippen MR) is 146 cm³/mol. The molecular weight excluding hydrogens is 509 g/mol. The maximum absolute atomic E-state index is 13.6.